The number of rotatable bonds is 4. The van der Waals surface area contributed by atoms with E-state index in [-0.39, 0.29) is 6.10 Å². The van der Waals surface area contributed by atoms with Crippen LogP contribution in [0.4, 0.5) is 0 Å². The molecular weight excluding hydrogens is 240 g/mol. The first-order valence-electron chi connectivity index (χ1n) is 5.42. The zero-order chi connectivity index (χ0) is 12.1. The Bertz CT molecular complexity index is 388. The number of carbonyl (C=O) groups is 1. The maximum absolute atomic E-state index is 11.0. The van der Waals surface area contributed by atoms with Crippen molar-refractivity contribution in [1.29, 1.82) is 0 Å². The Labute approximate surface area is 104 Å². The average molecular weight is 254 g/mol. The largest absolute Gasteiger partial charge is 0.478 e. The molecule has 2 rings (SSSR count). The molecule has 1 fully saturated rings. The van der Waals surface area contributed by atoms with Crippen molar-refractivity contribution in [3.05, 3.63) is 29.8 Å². The van der Waals surface area contributed by atoms with Gasteiger partial charge in [-0.1, -0.05) is 12.1 Å². The number of carboxylic acids is 1. The predicted molar refractivity (Wildman–Crippen MR) is 64.4 cm³/mol. The molecule has 0 amide bonds. The van der Waals surface area contributed by atoms with Gasteiger partial charge in [-0.05, 0) is 18.6 Å². The lowest BCUT2D eigenvalue weighted by Crippen LogP contribution is -2.25. The first-order valence-corrected chi connectivity index (χ1v) is 6.40. The molecule has 0 aromatic heterocycles. The highest BCUT2D eigenvalue weighted by molar-refractivity contribution is 7.99. The molecule has 1 heterocycles. The third-order valence-electron chi connectivity index (χ3n) is 2.51. The molecule has 1 aliphatic rings. The van der Waals surface area contributed by atoms with E-state index in [1.807, 2.05) is 12.1 Å². The van der Waals surface area contributed by atoms with Crippen molar-refractivity contribution >= 4 is 17.7 Å². The number of thioether (sulfide) groups is 1. The highest BCUT2D eigenvalue weighted by atomic mass is 32.2. The summed E-state index contributed by atoms with van der Waals surface area (Å²) in [5.74, 6) is -0.130. The van der Waals surface area contributed by atoms with Gasteiger partial charge in [-0.2, -0.15) is 0 Å². The van der Waals surface area contributed by atoms with Gasteiger partial charge in [-0.3, -0.25) is 0 Å². The Hall–Kier alpha value is -1.04. The number of aromatic carboxylic acids is 1. The third kappa shape index (κ3) is 3.46. The number of hydrogen-bond acceptors (Lipinski definition) is 4. The van der Waals surface area contributed by atoms with E-state index in [4.69, 9.17) is 14.6 Å². The summed E-state index contributed by atoms with van der Waals surface area (Å²) in [7, 11) is 0. The van der Waals surface area contributed by atoms with Crippen LogP contribution in [0.15, 0.2) is 29.2 Å². The van der Waals surface area contributed by atoms with Crippen molar-refractivity contribution in [2.24, 2.45) is 0 Å². The van der Waals surface area contributed by atoms with Crippen LogP contribution in [0.25, 0.3) is 0 Å². The predicted octanol–water partition coefficient (Wildman–Crippen LogP) is 2.24. The molecule has 0 bridgehead atoms. The first kappa shape index (κ1) is 12.4. The van der Waals surface area contributed by atoms with Gasteiger partial charge in [0, 0.05) is 10.6 Å². The van der Waals surface area contributed by atoms with Crippen molar-refractivity contribution < 1.29 is 19.4 Å². The summed E-state index contributed by atoms with van der Waals surface area (Å²) in [6.45, 7) is 1.05. The third-order valence-corrected chi connectivity index (χ3v) is 3.72. The van der Waals surface area contributed by atoms with Crippen LogP contribution in [0.2, 0.25) is 0 Å². The molecule has 1 aliphatic heterocycles. The van der Waals surface area contributed by atoms with Gasteiger partial charge in [0.05, 0.1) is 18.3 Å². The molecule has 17 heavy (non-hydrogen) atoms. The smallest absolute Gasteiger partial charge is 0.336 e. The van der Waals surface area contributed by atoms with E-state index in [1.165, 1.54) is 11.8 Å². The van der Waals surface area contributed by atoms with E-state index >= 15 is 0 Å². The van der Waals surface area contributed by atoms with Crippen LogP contribution in [0.1, 0.15) is 16.8 Å². The minimum absolute atomic E-state index is 0.149. The number of ether oxygens (including phenoxy) is 2. The van der Waals surface area contributed by atoms with Crippen molar-refractivity contribution in [1.82, 2.24) is 0 Å². The van der Waals surface area contributed by atoms with Crippen LogP contribution in [-0.4, -0.2) is 36.3 Å². The van der Waals surface area contributed by atoms with Crippen LogP contribution < -0.4 is 0 Å². The summed E-state index contributed by atoms with van der Waals surface area (Å²) in [4.78, 5) is 11.8. The molecule has 1 aromatic rings. The van der Waals surface area contributed by atoms with Crippen molar-refractivity contribution in [3.8, 4) is 0 Å². The van der Waals surface area contributed by atoms with E-state index < -0.39 is 5.97 Å². The van der Waals surface area contributed by atoms with Crippen LogP contribution >= 0.6 is 11.8 Å². The molecular formula is C12H14O4S. The molecule has 4 nitrogen and oxygen atoms in total. The molecule has 0 saturated carbocycles. The lowest BCUT2D eigenvalue weighted by atomic mass is 10.2. The van der Waals surface area contributed by atoms with Gasteiger partial charge in [0.25, 0.3) is 0 Å². The summed E-state index contributed by atoms with van der Waals surface area (Å²) in [5, 5.41) is 9.04. The van der Waals surface area contributed by atoms with Gasteiger partial charge >= 0.3 is 5.97 Å². The van der Waals surface area contributed by atoms with E-state index in [0.717, 1.165) is 17.1 Å². The first-order chi connectivity index (χ1) is 8.27. The normalized spacial score (nSPS) is 20.1. The number of carboxylic acid groups (broad SMARTS) is 1. The molecule has 92 valence electrons. The zero-order valence-corrected chi connectivity index (χ0v) is 10.1. The SMILES string of the molecule is O=C(O)c1ccccc1SCC1CCOCO1. The Kier molecular flexibility index (Phi) is 4.42. The quantitative estimate of drug-likeness (QED) is 0.835. The maximum atomic E-state index is 11.0. The van der Waals surface area contributed by atoms with E-state index in [1.54, 1.807) is 12.1 Å². The van der Waals surface area contributed by atoms with E-state index in [0.29, 0.717) is 19.0 Å². The minimum atomic E-state index is -0.888. The average Bonchev–Trinajstić information content (AvgIpc) is 2.38. The topological polar surface area (TPSA) is 55.8 Å². The number of hydrogen-bond donors (Lipinski definition) is 1. The summed E-state index contributed by atoms with van der Waals surface area (Å²) >= 11 is 1.52. The van der Waals surface area contributed by atoms with Crippen LogP contribution in [0.3, 0.4) is 0 Å². The Morgan fingerprint density at radius 1 is 1.47 bits per heavy atom. The second-order valence-electron chi connectivity index (χ2n) is 3.72. The van der Waals surface area contributed by atoms with Gasteiger partial charge in [-0.25, -0.2) is 4.79 Å². The standard InChI is InChI=1S/C12H14O4S/c13-12(14)10-3-1-2-4-11(10)17-7-9-5-6-15-8-16-9/h1-4,9H,5-8H2,(H,13,14). The molecule has 0 radical (unpaired) electrons. The van der Waals surface area contributed by atoms with E-state index in [9.17, 15) is 4.79 Å². The molecule has 1 saturated heterocycles. The fourth-order valence-electron chi connectivity index (χ4n) is 1.58. The molecule has 1 aromatic carbocycles. The lowest BCUT2D eigenvalue weighted by Gasteiger charge is -2.22. The zero-order valence-electron chi connectivity index (χ0n) is 9.30. The Morgan fingerprint density at radius 3 is 3.00 bits per heavy atom. The van der Waals surface area contributed by atoms with Crippen LogP contribution in [-0.2, 0) is 9.47 Å². The van der Waals surface area contributed by atoms with Crippen molar-refractivity contribution in [2.75, 3.05) is 19.2 Å². The van der Waals surface area contributed by atoms with Crippen LogP contribution in [0.5, 0.6) is 0 Å². The highest BCUT2D eigenvalue weighted by Gasteiger charge is 2.16. The fraction of sp³-hybridized carbons (Fsp3) is 0.417. The van der Waals surface area contributed by atoms with Gasteiger partial charge in [0.2, 0.25) is 0 Å². The lowest BCUT2D eigenvalue weighted by molar-refractivity contribution is -0.130. The molecule has 0 aliphatic carbocycles. The monoisotopic (exact) mass is 254 g/mol. The summed E-state index contributed by atoms with van der Waals surface area (Å²) in [5.41, 5.74) is 0.351. The van der Waals surface area contributed by atoms with Gasteiger partial charge in [-0.15, -0.1) is 11.8 Å². The van der Waals surface area contributed by atoms with Crippen LogP contribution in [0, 0.1) is 0 Å². The Balaban J connectivity index is 1.96. The minimum Gasteiger partial charge on any atom is -0.478 e. The summed E-state index contributed by atoms with van der Waals surface area (Å²) in [6, 6.07) is 7.03. The van der Waals surface area contributed by atoms with Crippen molar-refractivity contribution in [2.45, 2.75) is 17.4 Å². The second kappa shape index (κ2) is 6.05. The molecule has 1 atom stereocenters. The second-order valence-corrected chi connectivity index (χ2v) is 4.78. The van der Waals surface area contributed by atoms with Crippen molar-refractivity contribution in [3.63, 3.8) is 0 Å². The van der Waals surface area contributed by atoms with Gasteiger partial charge in [0.1, 0.15) is 6.79 Å². The fourth-order valence-corrected chi connectivity index (χ4v) is 2.70. The highest BCUT2D eigenvalue weighted by Crippen LogP contribution is 2.25. The summed E-state index contributed by atoms with van der Waals surface area (Å²) in [6.07, 6.45) is 1.01. The maximum Gasteiger partial charge on any atom is 0.336 e. The van der Waals surface area contributed by atoms with Gasteiger partial charge < -0.3 is 14.6 Å². The van der Waals surface area contributed by atoms with Gasteiger partial charge in [0.15, 0.2) is 0 Å². The molecule has 1 N–H and O–H groups in total. The summed E-state index contributed by atoms with van der Waals surface area (Å²) < 4.78 is 10.5. The number of benzene rings is 1. The Morgan fingerprint density at radius 2 is 2.29 bits per heavy atom. The van der Waals surface area contributed by atoms with E-state index in [2.05, 4.69) is 0 Å². The molecule has 0 spiro atoms. The molecule has 5 heteroatoms. The molecule has 1 unspecified atom stereocenters.